The van der Waals surface area contributed by atoms with Crippen LogP contribution in [0, 0.1) is 0 Å². The minimum absolute atomic E-state index is 0.136. The number of rotatable bonds is 7. The van der Waals surface area contributed by atoms with Crippen LogP contribution < -0.4 is 14.8 Å². The number of phenols is 1. The SMILES string of the molecule is COc1cc(CNc2cc(Cl)c(O)c(Cl)c2)c(Br)cc1OCc1cccc(Cl)c1. The molecule has 152 valence electrons. The van der Waals surface area contributed by atoms with E-state index in [0.717, 1.165) is 15.6 Å². The zero-order valence-electron chi connectivity index (χ0n) is 15.3. The maximum atomic E-state index is 9.67. The number of hydrogen-bond donors (Lipinski definition) is 2. The molecule has 3 rings (SSSR count). The maximum Gasteiger partial charge on any atom is 0.162 e. The first-order valence-corrected chi connectivity index (χ1v) is 10.5. The van der Waals surface area contributed by atoms with Crippen molar-refractivity contribution >= 4 is 56.4 Å². The number of aromatic hydroxyl groups is 1. The summed E-state index contributed by atoms with van der Waals surface area (Å²) in [6.07, 6.45) is 0. The normalized spacial score (nSPS) is 10.7. The molecule has 0 spiro atoms. The Morgan fingerprint density at radius 3 is 2.38 bits per heavy atom. The molecule has 0 aromatic heterocycles. The van der Waals surface area contributed by atoms with Gasteiger partial charge in [0.25, 0.3) is 0 Å². The smallest absolute Gasteiger partial charge is 0.162 e. The first-order chi connectivity index (χ1) is 13.9. The fourth-order valence-electron chi connectivity index (χ4n) is 2.64. The lowest BCUT2D eigenvalue weighted by Gasteiger charge is -2.15. The molecule has 0 saturated heterocycles. The third-order valence-corrected chi connectivity index (χ3v) is 5.67. The Balaban J connectivity index is 1.74. The fraction of sp³-hybridized carbons (Fsp3) is 0.143. The van der Waals surface area contributed by atoms with Crippen molar-refractivity contribution in [3.63, 3.8) is 0 Å². The molecular weight excluding hydrogens is 500 g/mol. The summed E-state index contributed by atoms with van der Waals surface area (Å²) in [5.74, 6) is 1.08. The molecule has 29 heavy (non-hydrogen) atoms. The van der Waals surface area contributed by atoms with Crippen LogP contribution in [0.15, 0.2) is 53.0 Å². The van der Waals surface area contributed by atoms with E-state index in [1.54, 1.807) is 19.2 Å². The quantitative estimate of drug-likeness (QED) is 0.323. The highest BCUT2D eigenvalue weighted by molar-refractivity contribution is 9.10. The van der Waals surface area contributed by atoms with E-state index in [9.17, 15) is 5.11 Å². The van der Waals surface area contributed by atoms with Gasteiger partial charge in [-0.3, -0.25) is 0 Å². The monoisotopic (exact) mass is 515 g/mol. The van der Waals surface area contributed by atoms with Crippen molar-refractivity contribution in [2.24, 2.45) is 0 Å². The number of benzene rings is 3. The van der Waals surface area contributed by atoms with Crippen LogP contribution in [-0.4, -0.2) is 12.2 Å². The van der Waals surface area contributed by atoms with Crippen molar-refractivity contribution in [3.8, 4) is 17.2 Å². The molecule has 0 unspecified atom stereocenters. The van der Waals surface area contributed by atoms with Crippen molar-refractivity contribution in [2.45, 2.75) is 13.2 Å². The minimum Gasteiger partial charge on any atom is -0.505 e. The van der Waals surface area contributed by atoms with Gasteiger partial charge in [0.05, 0.1) is 17.2 Å². The van der Waals surface area contributed by atoms with Crippen molar-refractivity contribution < 1.29 is 14.6 Å². The third kappa shape index (κ3) is 5.64. The predicted octanol–water partition coefficient (Wildman–Crippen LogP) is 7.31. The number of hydrogen-bond acceptors (Lipinski definition) is 4. The van der Waals surface area contributed by atoms with Gasteiger partial charge in [0.1, 0.15) is 6.61 Å². The number of ether oxygens (including phenoxy) is 2. The van der Waals surface area contributed by atoms with Gasteiger partial charge in [-0.15, -0.1) is 0 Å². The summed E-state index contributed by atoms with van der Waals surface area (Å²) in [6, 6.07) is 14.5. The van der Waals surface area contributed by atoms with Crippen LogP contribution in [0.1, 0.15) is 11.1 Å². The molecule has 2 N–H and O–H groups in total. The van der Waals surface area contributed by atoms with E-state index in [1.165, 1.54) is 0 Å². The van der Waals surface area contributed by atoms with Gasteiger partial charge in [-0.2, -0.15) is 0 Å². The Morgan fingerprint density at radius 2 is 1.72 bits per heavy atom. The minimum atomic E-state index is -0.136. The molecule has 0 aliphatic carbocycles. The number of halogens is 4. The molecule has 0 saturated carbocycles. The lowest BCUT2D eigenvalue weighted by atomic mass is 10.2. The highest BCUT2D eigenvalue weighted by Gasteiger charge is 2.12. The van der Waals surface area contributed by atoms with E-state index >= 15 is 0 Å². The number of phenolic OH excluding ortho intramolecular Hbond substituents is 1. The van der Waals surface area contributed by atoms with Gasteiger partial charge in [-0.1, -0.05) is 62.9 Å². The van der Waals surface area contributed by atoms with Crippen LogP contribution in [0.5, 0.6) is 17.2 Å². The van der Waals surface area contributed by atoms with Crippen LogP contribution in [0.25, 0.3) is 0 Å². The second-order valence-electron chi connectivity index (χ2n) is 6.16. The number of methoxy groups -OCH3 is 1. The van der Waals surface area contributed by atoms with E-state index in [2.05, 4.69) is 21.2 Å². The molecule has 0 fully saturated rings. The zero-order valence-corrected chi connectivity index (χ0v) is 19.2. The van der Waals surface area contributed by atoms with Crippen LogP contribution in [0.3, 0.4) is 0 Å². The molecule has 3 aromatic rings. The summed E-state index contributed by atoms with van der Waals surface area (Å²) >= 11 is 21.5. The average Bonchev–Trinajstić information content (AvgIpc) is 2.69. The molecule has 0 bridgehead atoms. The summed E-state index contributed by atoms with van der Waals surface area (Å²) in [7, 11) is 1.59. The molecule has 3 aromatic carbocycles. The highest BCUT2D eigenvalue weighted by atomic mass is 79.9. The first kappa shape index (κ1) is 21.9. The lowest BCUT2D eigenvalue weighted by molar-refractivity contribution is 0.284. The average molecular weight is 518 g/mol. The summed E-state index contributed by atoms with van der Waals surface area (Å²) in [5, 5.41) is 13.9. The van der Waals surface area contributed by atoms with Crippen molar-refractivity contribution in [3.05, 3.63) is 79.2 Å². The van der Waals surface area contributed by atoms with Gasteiger partial charge in [0, 0.05) is 21.7 Å². The standard InChI is InChI=1S/C21H17BrCl3NO3/c1-28-19-6-13(10-26-15-7-17(24)21(27)18(25)8-15)16(22)9-20(19)29-11-12-3-2-4-14(23)5-12/h2-9,26-27H,10-11H2,1H3. The van der Waals surface area contributed by atoms with Crippen LogP contribution in [0.4, 0.5) is 5.69 Å². The van der Waals surface area contributed by atoms with Gasteiger partial charge in [-0.25, -0.2) is 0 Å². The van der Waals surface area contributed by atoms with Crippen molar-refractivity contribution in [1.29, 1.82) is 0 Å². The van der Waals surface area contributed by atoms with Crippen molar-refractivity contribution in [2.75, 3.05) is 12.4 Å². The van der Waals surface area contributed by atoms with Gasteiger partial charge in [0.2, 0.25) is 0 Å². The fourth-order valence-corrected chi connectivity index (χ4v) is 3.80. The second kappa shape index (κ2) is 9.81. The zero-order chi connectivity index (χ0) is 21.0. The van der Waals surface area contributed by atoms with Crippen LogP contribution in [-0.2, 0) is 13.2 Å². The first-order valence-electron chi connectivity index (χ1n) is 8.53. The molecule has 8 heteroatoms. The van der Waals surface area contributed by atoms with E-state index < -0.39 is 0 Å². The molecule has 0 atom stereocenters. The Hall–Kier alpha value is -1.79. The molecule has 0 aliphatic rings. The Labute approximate surface area is 192 Å². The molecule has 4 nitrogen and oxygen atoms in total. The van der Waals surface area contributed by atoms with Gasteiger partial charge >= 0.3 is 0 Å². The van der Waals surface area contributed by atoms with E-state index in [4.69, 9.17) is 44.3 Å². The maximum absolute atomic E-state index is 9.67. The summed E-state index contributed by atoms with van der Waals surface area (Å²) in [6.45, 7) is 0.842. The highest BCUT2D eigenvalue weighted by Crippen LogP contribution is 2.37. The molecule has 0 heterocycles. The van der Waals surface area contributed by atoms with Gasteiger partial charge in [-0.05, 0) is 47.5 Å². The van der Waals surface area contributed by atoms with Gasteiger partial charge in [0.15, 0.2) is 17.2 Å². The molecular formula is C21H17BrCl3NO3. The lowest BCUT2D eigenvalue weighted by Crippen LogP contribution is -2.03. The van der Waals surface area contributed by atoms with E-state index in [-0.39, 0.29) is 15.8 Å². The molecule has 0 aliphatic heterocycles. The van der Waals surface area contributed by atoms with Crippen LogP contribution in [0.2, 0.25) is 15.1 Å². The molecule has 0 radical (unpaired) electrons. The Morgan fingerprint density at radius 1 is 1.00 bits per heavy atom. The van der Waals surface area contributed by atoms with Gasteiger partial charge < -0.3 is 19.9 Å². The third-order valence-electron chi connectivity index (χ3n) is 4.12. The second-order valence-corrected chi connectivity index (χ2v) is 8.26. The topological polar surface area (TPSA) is 50.7 Å². The van der Waals surface area contributed by atoms with Crippen molar-refractivity contribution in [1.82, 2.24) is 0 Å². The predicted molar refractivity (Wildman–Crippen MR) is 122 cm³/mol. The Bertz CT molecular complexity index is 1010. The van der Waals surface area contributed by atoms with E-state index in [0.29, 0.717) is 35.4 Å². The Kier molecular flexibility index (Phi) is 7.41. The van der Waals surface area contributed by atoms with Crippen LogP contribution >= 0.6 is 50.7 Å². The molecule has 0 amide bonds. The number of anilines is 1. The summed E-state index contributed by atoms with van der Waals surface area (Å²) in [5.41, 5.74) is 2.59. The van der Waals surface area contributed by atoms with E-state index in [1.807, 2.05) is 36.4 Å². The summed E-state index contributed by atoms with van der Waals surface area (Å²) < 4.78 is 12.2. The summed E-state index contributed by atoms with van der Waals surface area (Å²) in [4.78, 5) is 0. The number of nitrogens with one attached hydrogen (secondary N) is 1. The largest absolute Gasteiger partial charge is 0.505 e.